The van der Waals surface area contributed by atoms with Gasteiger partial charge in [0, 0.05) is 12.1 Å². The maximum Gasteiger partial charge on any atom is 0.271 e. The minimum absolute atomic E-state index is 0.0141. The molecule has 154 valence electrons. The molecule has 1 aliphatic rings. The maximum atomic E-state index is 13.0. The van der Waals surface area contributed by atoms with Crippen molar-refractivity contribution >= 4 is 17.9 Å². The molecule has 0 aromatic heterocycles. The lowest BCUT2D eigenvalue weighted by molar-refractivity contribution is -0.140. The summed E-state index contributed by atoms with van der Waals surface area (Å²) < 4.78 is 16.0. The predicted molar refractivity (Wildman–Crippen MR) is 109 cm³/mol. The van der Waals surface area contributed by atoms with Gasteiger partial charge in [-0.05, 0) is 42.7 Å². The molecule has 0 saturated carbocycles. The van der Waals surface area contributed by atoms with Crippen LogP contribution in [-0.4, -0.2) is 44.6 Å². The first-order chi connectivity index (χ1) is 13.9. The average molecular weight is 398 g/mol. The smallest absolute Gasteiger partial charge is 0.271 e. The van der Waals surface area contributed by atoms with E-state index in [1.165, 1.54) is 21.3 Å². The Labute approximate surface area is 171 Å². The molecule has 0 N–H and O–H groups in total. The topological polar surface area (TPSA) is 88.9 Å². The fourth-order valence-corrected chi connectivity index (χ4v) is 3.20. The van der Waals surface area contributed by atoms with E-state index in [1.807, 2.05) is 13.0 Å². The molecule has 2 amide bonds. The first-order valence-electron chi connectivity index (χ1n) is 9.42. The quantitative estimate of drug-likeness (QED) is 0.378. The Morgan fingerprint density at radius 2 is 1.66 bits per heavy atom. The summed E-state index contributed by atoms with van der Waals surface area (Å²) in [6, 6.07) is 5.36. The standard InChI is InChI=1S/C22H26N2O5/c1-6-7-8-9-24-21(25)16(14(2)17(13-23)22(24)26)10-15-11-18(27-3)20(29-5)19(12-15)28-4/h10-12H,6-9H2,1-5H3/b16-10+. The summed E-state index contributed by atoms with van der Waals surface area (Å²) in [6.07, 6.45) is 4.19. The Balaban J connectivity index is 2.57. The number of carbonyl (C=O) groups excluding carboxylic acids is 2. The number of carbonyl (C=O) groups is 2. The maximum absolute atomic E-state index is 13.0. The van der Waals surface area contributed by atoms with Crippen LogP contribution in [0.15, 0.2) is 28.9 Å². The lowest BCUT2D eigenvalue weighted by atomic mass is 9.93. The molecule has 0 radical (unpaired) electrons. The van der Waals surface area contributed by atoms with Gasteiger partial charge in [0.05, 0.1) is 21.3 Å². The second kappa shape index (κ2) is 9.78. The molecule has 0 fully saturated rings. The van der Waals surface area contributed by atoms with Crippen LogP contribution in [0.3, 0.4) is 0 Å². The number of benzene rings is 1. The summed E-state index contributed by atoms with van der Waals surface area (Å²) in [7, 11) is 4.52. The highest BCUT2D eigenvalue weighted by atomic mass is 16.5. The third kappa shape index (κ3) is 4.43. The van der Waals surface area contributed by atoms with Crippen LogP contribution in [0.2, 0.25) is 0 Å². The van der Waals surface area contributed by atoms with Crippen LogP contribution in [0.1, 0.15) is 38.7 Å². The first-order valence-corrected chi connectivity index (χ1v) is 9.42. The van der Waals surface area contributed by atoms with Crippen molar-refractivity contribution in [2.75, 3.05) is 27.9 Å². The number of imide groups is 1. The van der Waals surface area contributed by atoms with Gasteiger partial charge in [-0.1, -0.05) is 19.8 Å². The number of nitriles is 1. The summed E-state index contributed by atoms with van der Waals surface area (Å²) in [6.45, 7) is 3.94. The minimum atomic E-state index is -0.534. The summed E-state index contributed by atoms with van der Waals surface area (Å²) in [5, 5.41) is 9.47. The molecule has 7 nitrogen and oxygen atoms in total. The van der Waals surface area contributed by atoms with Gasteiger partial charge in [-0.3, -0.25) is 14.5 Å². The van der Waals surface area contributed by atoms with E-state index in [0.717, 1.165) is 17.7 Å². The van der Waals surface area contributed by atoms with Crippen LogP contribution in [-0.2, 0) is 9.59 Å². The Bertz CT molecular complexity index is 883. The second-order valence-electron chi connectivity index (χ2n) is 6.60. The minimum Gasteiger partial charge on any atom is -0.493 e. The molecule has 1 aromatic carbocycles. The van der Waals surface area contributed by atoms with Crippen LogP contribution >= 0.6 is 0 Å². The molecule has 0 saturated heterocycles. The molecule has 7 heteroatoms. The van der Waals surface area contributed by atoms with Crippen molar-refractivity contribution in [1.29, 1.82) is 5.26 Å². The van der Waals surface area contributed by atoms with E-state index < -0.39 is 11.8 Å². The Morgan fingerprint density at radius 1 is 1.03 bits per heavy atom. The number of ether oxygens (including phenoxy) is 3. The van der Waals surface area contributed by atoms with E-state index >= 15 is 0 Å². The van der Waals surface area contributed by atoms with E-state index in [-0.39, 0.29) is 12.1 Å². The highest BCUT2D eigenvalue weighted by Crippen LogP contribution is 2.39. The zero-order valence-electron chi connectivity index (χ0n) is 17.5. The van der Waals surface area contributed by atoms with Gasteiger partial charge in [-0.2, -0.15) is 5.26 Å². The number of amides is 2. The molecule has 0 bridgehead atoms. The zero-order valence-corrected chi connectivity index (χ0v) is 17.5. The molecule has 0 aliphatic carbocycles. The van der Waals surface area contributed by atoms with Crippen LogP contribution in [0.5, 0.6) is 17.2 Å². The van der Waals surface area contributed by atoms with Crippen LogP contribution < -0.4 is 14.2 Å². The number of unbranched alkanes of at least 4 members (excludes halogenated alkanes) is 2. The summed E-state index contributed by atoms with van der Waals surface area (Å²) in [4.78, 5) is 26.8. The van der Waals surface area contributed by atoms with Gasteiger partial charge in [-0.15, -0.1) is 0 Å². The largest absolute Gasteiger partial charge is 0.493 e. The molecular formula is C22H26N2O5. The SMILES string of the molecule is CCCCCN1C(=O)C(C#N)=C(C)/C(=C\c2cc(OC)c(OC)c(OC)c2)C1=O. The Morgan fingerprint density at radius 3 is 2.14 bits per heavy atom. The third-order valence-electron chi connectivity index (χ3n) is 4.81. The molecule has 0 atom stereocenters. The molecular weight excluding hydrogens is 372 g/mol. The van der Waals surface area contributed by atoms with Gasteiger partial charge >= 0.3 is 0 Å². The van der Waals surface area contributed by atoms with Gasteiger partial charge in [0.1, 0.15) is 11.6 Å². The monoisotopic (exact) mass is 398 g/mol. The lowest BCUT2D eigenvalue weighted by Gasteiger charge is -2.27. The van der Waals surface area contributed by atoms with Crippen molar-refractivity contribution in [3.63, 3.8) is 0 Å². The fourth-order valence-electron chi connectivity index (χ4n) is 3.20. The van der Waals surface area contributed by atoms with Gasteiger partial charge in [-0.25, -0.2) is 0 Å². The van der Waals surface area contributed by atoms with Crippen molar-refractivity contribution < 1.29 is 23.8 Å². The molecule has 0 unspecified atom stereocenters. The number of nitrogens with zero attached hydrogens (tertiary/aromatic N) is 2. The van der Waals surface area contributed by atoms with Gasteiger partial charge in [0.15, 0.2) is 11.5 Å². The number of hydrogen-bond donors (Lipinski definition) is 0. The molecule has 0 spiro atoms. The normalized spacial score (nSPS) is 15.6. The van der Waals surface area contributed by atoms with E-state index in [4.69, 9.17) is 14.2 Å². The van der Waals surface area contributed by atoms with Crippen molar-refractivity contribution in [1.82, 2.24) is 4.90 Å². The van der Waals surface area contributed by atoms with Crippen LogP contribution in [0.25, 0.3) is 6.08 Å². The summed E-state index contributed by atoms with van der Waals surface area (Å²) in [5.41, 5.74) is 1.28. The third-order valence-corrected chi connectivity index (χ3v) is 4.81. The predicted octanol–water partition coefficient (Wildman–Crippen LogP) is 3.49. The number of methoxy groups -OCH3 is 3. The van der Waals surface area contributed by atoms with E-state index in [0.29, 0.717) is 40.4 Å². The molecule has 1 aromatic rings. The van der Waals surface area contributed by atoms with Gasteiger partial charge < -0.3 is 14.2 Å². The average Bonchev–Trinajstić information content (AvgIpc) is 2.73. The zero-order chi connectivity index (χ0) is 21.6. The van der Waals surface area contributed by atoms with Crippen LogP contribution in [0.4, 0.5) is 0 Å². The highest BCUT2D eigenvalue weighted by Gasteiger charge is 2.35. The van der Waals surface area contributed by atoms with Crippen molar-refractivity contribution in [3.8, 4) is 23.3 Å². The van der Waals surface area contributed by atoms with E-state index in [2.05, 4.69) is 0 Å². The summed E-state index contributed by atoms with van der Waals surface area (Å²) in [5.74, 6) is 0.387. The van der Waals surface area contributed by atoms with Gasteiger partial charge in [0.25, 0.3) is 11.8 Å². The lowest BCUT2D eigenvalue weighted by Crippen LogP contribution is -2.43. The van der Waals surface area contributed by atoms with Gasteiger partial charge in [0.2, 0.25) is 5.75 Å². The molecule has 1 aliphatic heterocycles. The van der Waals surface area contributed by atoms with Crippen molar-refractivity contribution in [2.45, 2.75) is 33.1 Å². The van der Waals surface area contributed by atoms with Crippen molar-refractivity contribution in [3.05, 3.63) is 34.4 Å². The van der Waals surface area contributed by atoms with E-state index in [9.17, 15) is 14.9 Å². The van der Waals surface area contributed by atoms with Crippen LogP contribution in [0, 0.1) is 11.3 Å². The Hall–Kier alpha value is -3.27. The fraction of sp³-hybridized carbons (Fsp3) is 0.409. The number of rotatable bonds is 8. The van der Waals surface area contributed by atoms with E-state index in [1.54, 1.807) is 25.1 Å². The first kappa shape index (κ1) is 22.0. The molecule has 1 heterocycles. The highest BCUT2D eigenvalue weighted by molar-refractivity contribution is 6.19. The summed E-state index contributed by atoms with van der Waals surface area (Å²) >= 11 is 0. The number of hydrogen-bond acceptors (Lipinski definition) is 6. The van der Waals surface area contributed by atoms with Crippen molar-refractivity contribution in [2.24, 2.45) is 0 Å². The second-order valence-corrected chi connectivity index (χ2v) is 6.60. The Kier molecular flexibility index (Phi) is 7.43. The molecule has 2 rings (SSSR count). The molecule has 29 heavy (non-hydrogen) atoms.